The molecule has 0 radical (unpaired) electrons. The molecule has 3 rings (SSSR count). The molecule has 1 saturated heterocycles. The number of rotatable bonds is 9. The first-order chi connectivity index (χ1) is 15.3. The molecule has 32 heavy (non-hydrogen) atoms. The Morgan fingerprint density at radius 3 is 2.59 bits per heavy atom. The standard InChI is InChI=1S/C26H40O6/c1-4-7-17(8-5-2)26(30)32-25-23-18(15-21(27)24(25)29)12-11-16(3)20(23)14-13-19-9-6-10-22(28)31-19/h11-12,15-17,19-21,23-25,27,29H,4-10,13-14H2,1-3H3/t16?,19?,20-,21+,23-,24?,25-/m0/s1. The number of carbonyl (C=O) groups is 2. The predicted octanol–water partition coefficient (Wildman–Crippen LogP) is 4.09. The summed E-state index contributed by atoms with van der Waals surface area (Å²) in [5, 5.41) is 21.3. The van der Waals surface area contributed by atoms with Crippen molar-refractivity contribution in [3.63, 3.8) is 0 Å². The zero-order valence-corrected chi connectivity index (χ0v) is 19.7. The lowest BCUT2D eigenvalue weighted by atomic mass is 9.65. The van der Waals surface area contributed by atoms with Crippen LogP contribution in [0, 0.1) is 23.7 Å². The Morgan fingerprint density at radius 2 is 1.94 bits per heavy atom. The molecule has 0 aromatic heterocycles. The van der Waals surface area contributed by atoms with Gasteiger partial charge in [-0.2, -0.15) is 0 Å². The highest BCUT2D eigenvalue weighted by Crippen LogP contribution is 2.44. The minimum absolute atomic E-state index is 0.0691. The number of carbonyl (C=O) groups excluding carboxylic acids is 2. The number of aliphatic hydroxyl groups excluding tert-OH is 2. The van der Waals surface area contributed by atoms with Crippen molar-refractivity contribution < 1.29 is 29.3 Å². The SMILES string of the molecule is CCCC(CCC)C(=O)O[C@@H]1C(O)[C@H](O)C=C2C=CC(C)[C@H](CCC3CCCC(=O)O3)[C@H]21. The predicted molar refractivity (Wildman–Crippen MR) is 122 cm³/mol. The van der Waals surface area contributed by atoms with Crippen LogP contribution in [0.2, 0.25) is 0 Å². The van der Waals surface area contributed by atoms with Crippen molar-refractivity contribution in [1.29, 1.82) is 0 Å². The van der Waals surface area contributed by atoms with Gasteiger partial charge in [0.1, 0.15) is 24.4 Å². The largest absolute Gasteiger partial charge is 0.462 e. The van der Waals surface area contributed by atoms with E-state index in [4.69, 9.17) is 9.47 Å². The van der Waals surface area contributed by atoms with E-state index < -0.39 is 18.3 Å². The number of esters is 2. The van der Waals surface area contributed by atoms with E-state index in [1.165, 1.54) is 0 Å². The Kier molecular flexibility index (Phi) is 8.95. The van der Waals surface area contributed by atoms with Gasteiger partial charge in [0.15, 0.2) is 0 Å². The normalized spacial score (nSPS) is 34.6. The van der Waals surface area contributed by atoms with E-state index in [9.17, 15) is 19.8 Å². The Hall–Kier alpha value is -1.66. The molecule has 7 atom stereocenters. The smallest absolute Gasteiger partial charge is 0.309 e. The Labute approximate surface area is 192 Å². The van der Waals surface area contributed by atoms with Gasteiger partial charge >= 0.3 is 11.9 Å². The van der Waals surface area contributed by atoms with Crippen LogP contribution in [0.15, 0.2) is 23.8 Å². The van der Waals surface area contributed by atoms with Crippen LogP contribution in [0.1, 0.15) is 78.6 Å². The number of hydrogen-bond donors (Lipinski definition) is 2. The van der Waals surface area contributed by atoms with Gasteiger partial charge in [0.2, 0.25) is 0 Å². The van der Waals surface area contributed by atoms with Crippen molar-refractivity contribution in [2.75, 3.05) is 0 Å². The maximum Gasteiger partial charge on any atom is 0.309 e. The topological polar surface area (TPSA) is 93.1 Å². The van der Waals surface area contributed by atoms with Crippen LogP contribution < -0.4 is 0 Å². The van der Waals surface area contributed by atoms with Crippen LogP contribution in [-0.2, 0) is 19.1 Å². The highest BCUT2D eigenvalue weighted by atomic mass is 16.6. The van der Waals surface area contributed by atoms with E-state index in [1.54, 1.807) is 6.08 Å². The number of fused-ring (bicyclic) bond motifs is 1. The van der Waals surface area contributed by atoms with Crippen LogP contribution in [-0.4, -0.2) is 46.6 Å². The number of cyclic esters (lactones) is 1. The second kappa shape index (κ2) is 11.5. The molecule has 180 valence electrons. The van der Waals surface area contributed by atoms with Crippen LogP contribution in [0.25, 0.3) is 0 Å². The molecule has 1 fully saturated rings. The quantitative estimate of drug-likeness (QED) is 0.516. The summed E-state index contributed by atoms with van der Waals surface area (Å²) in [5.41, 5.74) is 0.923. The summed E-state index contributed by atoms with van der Waals surface area (Å²) >= 11 is 0. The molecular formula is C26H40O6. The maximum atomic E-state index is 13.0. The van der Waals surface area contributed by atoms with Crippen molar-refractivity contribution >= 4 is 11.9 Å². The van der Waals surface area contributed by atoms with Gasteiger partial charge in [-0.1, -0.05) is 45.8 Å². The molecule has 2 N–H and O–H groups in total. The molecular weight excluding hydrogens is 408 g/mol. The summed E-state index contributed by atoms with van der Waals surface area (Å²) in [6.45, 7) is 6.24. The summed E-state index contributed by atoms with van der Waals surface area (Å²) in [6, 6.07) is 0. The minimum Gasteiger partial charge on any atom is -0.462 e. The third kappa shape index (κ3) is 5.82. The van der Waals surface area contributed by atoms with Crippen molar-refractivity contribution in [3.8, 4) is 0 Å². The van der Waals surface area contributed by atoms with Gasteiger partial charge in [0.25, 0.3) is 0 Å². The summed E-state index contributed by atoms with van der Waals surface area (Å²) in [5.74, 6) is -0.404. The van der Waals surface area contributed by atoms with Gasteiger partial charge in [-0.3, -0.25) is 9.59 Å². The highest BCUT2D eigenvalue weighted by Gasteiger charge is 2.47. The molecule has 0 bridgehead atoms. The van der Waals surface area contributed by atoms with E-state index in [0.717, 1.165) is 56.9 Å². The summed E-state index contributed by atoms with van der Waals surface area (Å²) in [6.07, 6.45) is 9.87. The summed E-state index contributed by atoms with van der Waals surface area (Å²) in [7, 11) is 0. The second-order valence-corrected chi connectivity index (χ2v) is 9.81. The molecule has 3 unspecified atom stereocenters. The van der Waals surface area contributed by atoms with Crippen molar-refractivity contribution in [3.05, 3.63) is 23.8 Å². The lowest BCUT2D eigenvalue weighted by molar-refractivity contribution is -0.172. The van der Waals surface area contributed by atoms with Gasteiger partial charge < -0.3 is 19.7 Å². The average molecular weight is 449 g/mol. The van der Waals surface area contributed by atoms with E-state index in [2.05, 4.69) is 26.8 Å². The minimum atomic E-state index is -1.15. The number of aliphatic hydroxyl groups is 2. The molecule has 6 heteroatoms. The Balaban J connectivity index is 1.79. The average Bonchev–Trinajstić information content (AvgIpc) is 2.76. The first kappa shape index (κ1) is 25.0. The van der Waals surface area contributed by atoms with E-state index >= 15 is 0 Å². The number of allylic oxidation sites excluding steroid dienone is 2. The third-order valence-electron chi connectivity index (χ3n) is 7.40. The molecule has 0 aromatic carbocycles. The molecule has 0 spiro atoms. The van der Waals surface area contributed by atoms with Gasteiger partial charge in [-0.25, -0.2) is 0 Å². The van der Waals surface area contributed by atoms with Gasteiger partial charge in [-0.05, 0) is 62.0 Å². The molecule has 0 aromatic rings. The third-order valence-corrected chi connectivity index (χ3v) is 7.40. The van der Waals surface area contributed by atoms with E-state index in [-0.39, 0.29) is 41.7 Å². The van der Waals surface area contributed by atoms with Crippen LogP contribution in [0.4, 0.5) is 0 Å². The lowest BCUT2D eigenvalue weighted by Crippen LogP contribution is -2.52. The Bertz CT molecular complexity index is 707. The fourth-order valence-electron chi connectivity index (χ4n) is 5.65. The first-order valence-electron chi connectivity index (χ1n) is 12.5. The lowest BCUT2D eigenvalue weighted by Gasteiger charge is -2.45. The molecule has 2 aliphatic carbocycles. The van der Waals surface area contributed by atoms with Crippen LogP contribution in [0.5, 0.6) is 0 Å². The molecule has 6 nitrogen and oxygen atoms in total. The van der Waals surface area contributed by atoms with Crippen LogP contribution >= 0.6 is 0 Å². The zero-order chi connectivity index (χ0) is 23.3. The molecule has 1 heterocycles. The molecule has 3 aliphatic rings. The van der Waals surface area contributed by atoms with Crippen molar-refractivity contribution in [1.82, 2.24) is 0 Å². The molecule has 0 amide bonds. The van der Waals surface area contributed by atoms with Crippen molar-refractivity contribution in [2.45, 2.75) is 103 Å². The first-order valence-corrected chi connectivity index (χ1v) is 12.5. The Morgan fingerprint density at radius 1 is 1.22 bits per heavy atom. The highest BCUT2D eigenvalue weighted by molar-refractivity contribution is 5.72. The second-order valence-electron chi connectivity index (χ2n) is 9.81. The summed E-state index contributed by atoms with van der Waals surface area (Å²) < 4.78 is 11.5. The molecule has 1 aliphatic heterocycles. The maximum absolute atomic E-state index is 13.0. The van der Waals surface area contributed by atoms with Gasteiger partial charge in [-0.15, -0.1) is 0 Å². The summed E-state index contributed by atoms with van der Waals surface area (Å²) in [4.78, 5) is 24.7. The fraction of sp³-hybridized carbons (Fsp3) is 0.769. The van der Waals surface area contributed by atoms with Crippen molar-refractivity contribution in [2.24, 2.45) is 23.7 Å². The van der Waals surface area contributed by atoms with E-state index in [0.29, 0.717) is 6.42 Å². The van der Waals surface area contributed by atoms with E-state index in [1.807, 2.05) is 6.08 Å². The van der Waals surface area contributed by atoms with Gasteiger partial charge in [0.05, 0.1) is 5.92 Å². The van der Waals surface area contributed by atoms with Gasteiger partial charge in [0, 0.05) is 12.3 Å². The zero-order valence-electron chi connectivity index (χ0n) is 19.7. The van der Waals surface area contributed by atoms with Crippen LogP contribution in [0.3, 0.4) is 0 Å². The molecule has 0 saturated carbocycles. The number of ether oxygens (including phenoxy) is 2. The fourth-order valence-corrected chi connectivity index (χ4v) is 5.65. The monoisotopic (exact) mass is 448 g/mol. The number of hydrogen-bond acceptors (Lipinski definition) is 6.